The lowest BCUT2D eigenvalue weighted by atomic mass is 10.2. The van der Waals surface area contributed by atoms with Crippen molar-refractivity contribution in [3.8, 4) is 5.82 Å². The summed E-state index contributed by atoms with van der Waals surface area (Å²) in [5.74, 6) is -1.40. The minimum Gasteiger partial charge on any atom is -0.388 e. The van der Waals surface area contributed by atoms with Crippen molar-refractivity contribution in [2.75, 3.05) is 17.7 Å². The van der Waals surface area contributed by atoms with Gasteiger partial charge in [-0.2, -0.15) is 0 Å². The predicted molar refractivity (Wildman–Crippen MR) is 122 cm³/mol. The van der Waals surface area contributed by atoms with Crippen LogP contribution >= 0.6 is 11.3 Å². The van der Waals surface area contributed by atoms with Gasteiger partial charge in [-0.1, -0.05) is 0 Å². The SMILES string of the molecule is CNc1ccc2c(=O)n(-c3ncc(NC(=O)NCc4ccc(C)s4)cc3F)c(=O)[nH]c2c1. The number of fused-ring (bicyclic) bond motifs is 1. The van der Waals surface area contributed by atoms with E-state index in [0.717, 1.165) is 15.8 Å². The molecule has 0 saturated carbocycles. The Kier molecular flexibility index (Phi) is 5.73. The highest BCUT2D eigenvalue weighted by Gasteiger charge is 2.16. The van der Waals surface area contributed by atoms with Crippen LogP contribution in [0.25, 0.3) is 16.7 Å². The number of anilines is 2. The van der Waals surface area contributed by atoms with E-state index >= 15 is 0 Å². The molecule has 0 saturated heterocycles. The topological polar surface area (TPSA) is 121 Å². The Morgan fingerprint density at radius 3 is 2.69 bits per heavy atom. The number of thiophene rings is 1. The molecule has 0 radical (unpaired) electrons. The molecule has 9 nitrogen and oxygen atoms in total. The van der Waals surface area contributed by atoms with E-state index in [9.17, 15) is 18.8 Å². The van der Waals surface area contributed by atoms with E-state index in [1.165, 1.54) is 12.3 Å². The fourth-order valence-electron chi connectivity index (χ4n) is 3.15. The number of benzene rings is 1. The second kappa shape index (κ2) is 8.63. The van der Waals surface area contributed by atoms with Gasteiger partial charge < -0.3 is 20.9 Å². The van der Waals surface area contributed by atoms with Crippen LogP contribution in [-0.2, 0) is 6.54 Å². The number of aryl methyl sites for hydroxylation is 1. The third-order valence-corrected chi connectivity index (χ3v) is 5.70. The molecule has 3 heterocycles. The molecule has 2 amide bonds. The highest BCUT2D eigenvalue weighted by molar-refractivity contribution is 7.11. The molecule has 4 N–H and O–H groups in total. The molecular weight excluding hydrogens is 435 g/mol. The number of urea groups is 1. The molecule has 0 bridgehead atoms. The molecule has 0 unspecified atom stereocenters. The number of amides is 2. The van der Waals surface area contributed by atoms with Crippen molar-refractivity contribution in [1.29, 1.82) is 0 Å². The summed E-state index contributed by atoms with van der Waals surface area (Å²) in [7, 11) is 1.71. The maximum Gasteiger partial charge on any atom is 0.334 e. The molecule has 4 aromatic rings. The number of nitrogens with zero attached hydrogens (tertiary/aromatic N) is 2. The Balaban J connectivity index is 1.58. The molecule has 0 aliphatic heterocycles. The van der Waals surface area contributed by atoms with Gasteiger partial charge >= 0.3 is 11.7 Å². The quantitative estimate of drug-likeness (QED) is 0.370. The molecule has 0 atom stereocenters. The number of hydrogen-bond acceptors (Lipinski definition) is 6. The first kappa shape index (κ1) is 21.2. The Bertz CT molecular complexity index is 1440. The standard InChI is InChI=1S/C21H19FN6O3S/c1-11-3-5-14(32-11)10-25-20(30)26-13-7-16(22)18(24-9-13)28-19(29)15-6-4-12(23-2)8-17(15)27-21(28)31/h3-9,23H,10H2,1-2H3,(H,27,31)(H2,25,26,30). The van der Waals surface area contributed by atoms with Crippen LogP contribution in [0.4, 0.5) is 20.6 Å². The smallest absolute Gasteiger partial charge is 0.334 e. The maximum atomic E-state index is 14.8. The number of nitrogens with one attached hydrogen (secondary N) is 4. The van der Waals surface area contributed by atoms with Gasteiger partial charge in [-0.25, -0.2) is 23.5 Å². The number of H-pyrrole nitrogens is 1. The van der Waals surface area contributed by atoms with Crippen molar-refractivity contribution in [3.63, 3.8) is 0 Å². The van der Waals surface area contributed by atoms with Crippen LogP contribution in [0.5, 0.6) is 0 Å². The van der Waals surface area contributed by atoms with Gasteiger partial charge in [0.2, 0.25) is 0 Å². The van der Waals surface area contributed by atoms with Crippen LogP contribution in [0, 0.1) is 12.7 Å². The van der Waals surface area contributed by atoms with Gasteiger partial charge in [-0.15, -0.1) is 11.3 Å². The summed E-state index contributed by atoms with van der Waals surface area (Å²) >= 11 is 1.56. The molecule has 32 heavy (non-hydrogen) atoms. The number of halogens is 1. The average Bonchev–Trinajstić information content (AvgIpc) is 3.18. The normalized spacial score (nSPS) is 10.8. The van der Waals surface area contributed by atoms with Gasteiger partial charge in [0.15, 0.2) is 11.6 Å². The largest absolute Gasteiger partial charge is 0.388 e. The molecular formula is C21H19FN6O3S. The molecule has 3 aromatic heterocycles. The van der Waals surface area contributed by atoms with Crippen molar-refractivity contribution in [1.82, 2.24) is 19.9 Å². The number of pyridine rings is 1. The van der Waals surface area contributed by atoms with E-state index in [4.69, 9.17) is 0 Å². The molecule has 0 fully saturated rings. The van der Waals surface area contributed by atoms with Gasteiger partial charge in [-0.05, 0) is 37.3 Å². The lowest BCUT2D eigenvalue weighted by Crippen LogP contribution is -2.35. The zero-order valence-electron chi connectivity index (χ0n) is 17.2. The third kappa shape index (κ3) is 4.23. The summed E-state index contributed by atoms with van der Waals surface area (Å²) in [6.45, 7) is 2.30. The molecule has 0 aliphatic rings. The number of carbonyl (C=O) groups is 1. The number of carbonyl (C=O) groups excluding carboxylic acids is 1. The average molecular weight is 454 g/mol. The number of aromatic nitrogens is 3. The Labute approximate surface area is 184 Å². The van der Waals surface area contributed by atoms with Crippen LogP contribution in [-0.4, -0.2) is 27.6 Å². The Hall–Kier alpha value is -3.99. The molecule has 1 aromatic carbocycles. The predicted octanol–water partition coefficient (Wildman–Crippen LogP) is 2.95. The second-order valence-electron chi connectivity index (χ2n) is 6.93. The van der Waals surface area contributed by atoms with Crippen molar-refractivity contribution in [3.05, 3.63) is 79.0 Å². The first-order valence-corrected chi connectivity index (χ1v) is 10.4. The van der Waals surface area contributed by atoms with Crippen molar-refractivity contribution >= 4 is 39.6 Å². The van der Waals surface area contributed by atoms with Crippen molar-refractivity contribution in [2.24, 2.45) is 0 Å². The van der Waals surface area contributed by atoms with Gasteiger partial charge in [0.25, 0.3) is 5.56 Å². The van der Waals surface area contributed by atoms with Gasteiger partial charge in [0.05, 0.1) is 29.3 Å². The maximum absolute atomic E-state index is 14.8. The number of hydrogen-bond donors (Lipinski definition) is 4. The summed E-state index contributed by atoms with van der Waals surface area (Å²) in [6.07, 6.45) is 1.17. The van der Waals surface area contributed by atoms with Crippen LogP contribution in [0.3, 0.4) is 0 Å². The summed E-state index contributed by atoms with van der Waals surface area (Å²) < 4.78 is 15.4. The third-order valence-electron chi connectivity index (χ3n) is 4.70. The van der Waals surface area contributed by atoms with Crippen LogP contribution in [0.1, 0.15) is 9.75 Å². The fourth-order valence-corrected chi connectivity index (χ4v) is 3.98. The second-order valence-corrected chi connectivity index (χ2v) is 8.30. The Morgan fingerprint density at radius 2 is 2.00 bits per heavy atom. The van der Waals surface area contributed by atoms with E-state index in [1.54, 1.807) is 30.5 Å². The summed E-state index contributed by atoms with van der Waals surface area (Å²) in [5, 5.41) is 8.27. The summed E-state index contributed by atoms with van der Waals surface area (Å²) in [6, 6.07) is 9.13. The molecule has 0 aliphatic carbocycles. The number of aromatic amines is 1. The summed E-state index contributed by atoms with van der Waals surface area (Å²) in [5.41, 5.74) is -0.429. The van der Waals surface area contributed by atoms with Crippen LogP contribution in [0.15, 0.2) is 52.2 Å². The van der Waals surface area contributed by atoms with Gasteiger partial charge in [0.1, 0.15) is 0 Å². The van der Waals surface area contributed by atoms with Crippen molar-refractivity contribution < 1.29 is 9.18 Å². The van der Waals surface area contributed by atoms with E-state index in [0.29, 0.717) is 22.3 Å². The fraction of sp³-hybridized carbons (Fsp3) is 0.143. The van der Waals surface area contributed by atoms with E-state index in [-0.39, 0.29) is 11.1 Å². The monoisotopic (exact) mass is 454 g/mol. The van der Waals surface area contributed by atoms with E-state index in [1.807, 2.05) is 19.1 Å². The molecule has 0 spiro atoms. The van der Waals surface area contributed by atoms with E-state index < -0.39 is 28.9 Å². The minimum atomic E-state index is -0.935. The minimum absolute atomic E-state index is 0.0787. The zero-order chi connectivity index (χ0) is 22.8. The molecule has 164 valence electrons. The van der Waals surface area contributed by atoms with E-state index in [2.05, 4.69) is 25.9 Å². The van der Waals surface area contributed by atoms with Gasteiger partial charge in [-0.3, -0.25) is 4.79 Å². The Morgan fingerprint density at radius 1 is 1.19 bits per heavy atom. The lowest BCUT2D eigenvalue weighted by Gasteiger charge is -2.10. The highest BCUT2D eigenvalue weighted by atomic mass is 32.1. The van der Waals surface area contributed by atoms with Crippen LogP contribution < -0.4 is 27.2 Å². The highest BCUT2D eigenvalue weighted by Crippen LogP contribution is 2.17. The number of rotatable bonds is 5. The van der Waals surface area contributed by atoms with Crippen molar-refractivity contribution in [2.45, 2.75) is 13.5 Å². The van der Waals surface area contributed by atoms with Crippen LogP contribution in [0.2, 0.25) is 0 Å². The first-order chi connectivity index (χ1) is 15.4. The summed E-state index contributed by atoms with van der Waals surface area (Å²) in [4.78, 5) is 46.0. The first-order valence-electron chi connectivity index (χ1n) is 9.58. The van der Waals surface area contributed by atoms with Gasteiger partial charge in [0, 0.05) is 28.6 Å². The molecule has 11 heteroatoms. The zero-order valence-corrected chi connectivity index (χ0v) is 18.0. The lowest BCUT2D eigenvalue weighted by molar-refractivity contribution is 0.252. The molecule has 4 rings (SSSR count).